The van der Waals surface area contributed by atoms with Crippen molar-refractivity contribution in [2.45, 2.75) is 32.7 Å². The zero-order valence-electron chi connectivity index (χ0n) is 10.8. The van der Waals surface area contributed by atoms with E-state index in [0.717, 1.165) is 13.0 Å². The maximum Gasteiger partial charge on any atom is 0.254 e. The van der Waals surface area contributed by atoms with Gasteiger partial charge in [0.05, 0.1) is 10.7 Å². The fraction of sp³-hybridized carbons (Fsp3) is 0.500. The highest BCUT2D eigenvalue weighted by Gasteiger charge is 2.29. The van der Waals surface area contributed by atoms with Crippen molar-refractivity contribution < 1.29 is 4.79 Å². The van der Waals surface area contributed by atoms with Gasteiger partial charge in [-0.1, -0.05) is 18.5 Å². The molecule has 0 saturated carbocycles. The number of carbonyl (C=O) groups excluding carboxylic acids is 1. The first kappa shape index (κ1) is 13.2. The molecule has 1 aliphatic rings. The Hall–Kier alpha value is -1.22. The number of benzene rings is 1. The molecule has 2 N–H and O–H groups in total. The number of rotatable bonds is 1. The van der Waals surface area contributed by atoms with Crippen LogP contribution < -0.4 is 5.73 Å². The maximum atomic E-state index is 12.4. The molecule has 1 fully saturated rings. The van der Waals surface area contributed by atoms with Crippen LogP contribution in [0.2, 0.25) is 5.02 Å². The summed E-state index contributed by atoms with van der Waals surface area (Å²) in [5.74, 6) is 0.602. The molecule has 1 aromatic rings. The summed E-state index contributed by atoms with van der Waals surface area (Å²) >= 11 is 5.87. The Morgan fingerprint density at radius 3 is 2.83 bits per heavy atom. The van der Waals surface area contributed by atoms with Crippen molar-refractivity contribution in [3.05, 3.63) is 28.8 Å². The topological polar surface area (TPSA) is 46.3 Å². The van der Waals surface area contributed by atoms with Gasteiger partial charge in [0, 0.05) is 18.2 Å². The first-order chi connectivity index (χ1) is 8.50. The molecule has 0 aromatic heterocycles. The molecule has 1 saturated heterocycles. The number of hydrogen-bond donors (Lipinski definition) is 1. The minimum absolute atomic E-state index is 0.0532. The molecule has 2 rings (SSSR count). The van der Waals surface area contributed by atoms with Gasteiger partial charge in [-0.05, 0) is 43.9 Å². The van der Waals surface area contributed by atoms with Crippen LogP contribution in [0.5, 0.6) is 0 Å². The molecule has 0 radical (unpaired) electrons. The Bertz CT molecular complexity index is 461. The van der Waals surface area contributed by atoms with E-state index in [1.165, 1.54) is 6.42 Å². The van der Waals surface area contributed by atoms with Gasteiger partial charge in [0.1, 0.15) is 0 Å². The normalized spacial score (nSPS) is 24.1. The van der Waals surface area contributed by atoms with Gasteiger partial charge in [-0.2, -0.15) is 0 Å². The van der Waals surface area contributed by atoms with Gasteiger partial charge in [-0.25, -0.2) is 0 Å². The number of nitrogens with zero attached hydrogens (tertiary/aromatic N) is 1. The Kier molecular flexibility index (Phi) is 3.81. The highest BCUT2D eigenvalue weighted by molar-refractivity contribution is 6.33. The summed E-state index contributed by atoms with van der Waals surface area (Å²) in [7, 11) is 0. The molecule has 1 amide bonds. The summed E-state index contributed by atoms with van der Waals surface area (Å²) in [6.45, 7) is 5.13. The Morgan fingerprint density at radius 2 is 2.17 bits per heavy atom. The average Bonchev–Trinajstić information content (AvgIpc) is 2.35. The van der Waals surface area contributed by atoms with E-state index in [1.54, 1.807) is 18.2 Å². The van der Waals surface area contributed by atoms with E-state index in [0.29, 0.717) is 22.2 Å². The predicted octanol–water partition coefficient (Wildman–Crippen LogP) is 3.18. The molecule has 98 valence electrons. The monoisotopic (exact) mass is 266 g/mol. The molecule has 0 bridgehead atoms. The number of anilines is 1. The zero-order chi connectivity index (χ0) is 13.3. The molecule has 4 heteroatoms. The molecule has 1 aromatic carbocycles. The predicted molar refractivity (Wildman–Crippen MR) is 74.8 cm³/mol. The van der Waals surface area contributed by atoms with Gasteiger partial charge >= 0.3 is 0 Å². The van der Waals surface area contributed by atoms with E-state index in [-0.39, 0.29) is 11.9 Å². The third-order valence-electron chi connectivity index (χ3n) is 3.88. The molecule has 0 aliphatic carbocycles. The average molecular weight is 267 g/mol. The second-order valence-electron chi connectivity index (χ2n) is 5.09. The Labute approximate surface area is 113 Å². The van der Waals surface area contributed by atoms with Gasteiger partial charge in [-0.15, -0.1) is 0 Å². The van der Waals surface area contributed by atoms with Crippen molar-refractivity contribution >= 4 is 23.2 Å². The zero-order valence-corrected chi connectivity index (χ0v) is 11.6. The van der Waals surface area contributed by atoms with E-state index in [9.17, 15) is 4.79 Å². The molecular weight excluding hydrogens is 248 g/mol. The number of nitrogen functional groups attached to an aromatic ring is 1. The number of hydrogen-bond acceptors (Lipinski definition) is 2. The van der Waals surface area contributed by atoms with E-state index in [4.69, 9.17) is 17.3 Å². The molecule has 2 unspecified atom stereocenters. The summed E-state index contributed by atoms with van der Waals surface area (Å²) < 4.78 is 0. The van der Waals surface area contributed by atoms with Crippen LogP contribution in [0, 0.1) is 5.92 Å². The first-order valence-electron chi connectivity index (χ1n) is 6.36. The first-order valence-corrected chi connectivity index (χ1v) is 6.74. The van der Waals surface area contributed by atoms with Crippen molar-refractivity contribution in [2.75, 3.05) is 12.3 Å². The highest BCUT2D eigenvalue weighted by atomic mass is 35.5. The molecule has 1 aliphatic heterocycles. The van der Waals surface area contributed by atoms with E-state index >= 15 is 0 Å². The summed E-state index contributed by atoms with van der Waals surface area (Å²) in [5, 5.41) is 0.492. The lowest BCUT2D eigenvalue weighted by Gasteiger charge is -2.38. The highest BCUT2D eigenvalue weighted by Crippen LogP contribution is 2.26. The molecular formula is C14H19ClN2O. The summed E-state index contributed by atoms with van der Waals surface area (Å²) in [6.07, 6.45) is 2.26. The summed E-state index contributed by atoms with van der Waals surface area (Å²) in [5.41, 5.74) is 6.83. The van der Waals surface area contributed by atoms with Crippen molar-refractivity contribution in [1.29, 1.82) is 0 Å². The van der Waals surface area contributed by atoms with Crippen LogP contribution in [-0.4, -0.2) is 23.4 Å². The second kappa shape index (κ2) is 5.19. The van der Waals surface area contributed by atoms with Crippen LogP contribution in [0.3, 0.4) is 0 Å². The van der Waals surface area contributed by atoms with Gasteiger partial charge in [0.15, 0.2) is 0 Å². The number of nitrogens with two attached hydrogens (primary N) is 1. The molecule has 3 nitrogen and oxygen atoms in total. The fourth-order valence-electron chi connectivity index (χ4n) is 2.46. The second-order valence-corrected chi connectivity index (χ2v) is 5.50. The number of carbonyl (C=O) groups is 1. The van der Waals surface area contributed by atoms with Crippen LogP contribution in [0.25, 0.3) is 0 Å². The van der Waals surface area contributed by atoms with Crippen LogP contribution in [0.1, 0.15) is 37.0 Å². The van der Waals surface area contributed by atoms with Crippen molar-refractivity contribution in [2.24, 2.45) is 5.92 Å². The quantitative estimate of drug-likeness (QED) is 0.794. The third kappa shape index (κ3) is 2.46. The van der Waals surface area contributed by atoms with Gasteiger partial charge < -0.3 is 10.6 Å². The number of halogens is 1. The van der Waals surface area contributed by atoms with Crippen LogP contribution in [-0.2, 0) is 0 Å². The van der Waals surface area contributed by atoms with E-state index < -0.39 is 0 Å². The summed E-state index contributed by atoms with van der Waals surface area (Å²) in [4.78, 5) is 14.4. The SMILES string of the molecule is CC1CCCN(C(=O)c2ccc(Cl)c(N)c2)C1C. The largest absolute Gasteiger partial charge is 0.398 e. The third-order valence-corrected chi connectivity index (χ3v) is 4.22. The molecule has 18 heavy (non-hydrogen) atoms. The fourth-order valence-corrected chi connectivity index (χ4v) is 2.58. The summed E-state index contributed by atoms with van der Waals surface area (Å²) in [6, 6.07) is 5.37. The Balaban J connectivity index is 2.22. The lowest BCUT2D eigenvalue weighted by atomic mass is 9.91. The lowest BCUT2D eigenvalue weighted by Crippen LogP contribution is -2.46. The minimum Gasteiger partial charge on any atom is -0.398 e. The van der Waals surface area contributed by atoms with Gasteiger partial charge in [0.25, 0.3) is 5.91 Å². The molecule has 0 spiro atoms. The van der Waals surface area contributed by atoms with Crippen molar-refractivity contribution in [1.82, 2.24) is 4.90 Å². The minimum atomic E-state index is 0.0532. The van der Waals surface area contributed by atoms with Crippen LogP contribution in [0.15, 0.2) is 18.2 Å². The van der Waals surface area contributed by atoms with Crippen molar-refractivity contribution in [3.8, 4) is 0 Å². The Morgan fingerprint density at radius 1 is 1.44 bits per heavy atom. The maximum absolute atomic E-state index is 12.4. The van der Waals surface area contributed by atoms with Gasteiger partial charge in [-0.3, -0.25) is 4.79 Å². The van der Waals surface area contributed by atoms with E-state index in [1.807, 2.05) is 4.90 Å². The lowest BCUT2D eigenvalue weighted by molar-refractivity contribution is 0.0551. The van der Waals surface area contributed by atoms with Crippen molar-refractivity contribution in [3.63, 3.8) is 0 Å². The molecule has 2 atom stereocenters. The van der Waals surface area contributed by atoms with Crippen LogP contribution >= 0.6 is 11.6 Å². The standard InChI is InChI=1S/C14H19ClN2O/c1-9-4-3-7-17(10(9)2)14(18)11-5-6-12(15)13(16)8-11/h5-6,8-10H,3-4,7,16H2,1-2H3. The smallest absolute Gasteiger partial charge is 0.254 e. The molecule has 1 heterocycles. The van der Waals surface area contributed by atoms with Gasteiger partial charge in [0.2, 0.25) is 0 Å². The van der Waals surface area contributed by atoms with Crippen LogP contribution in [0.4, 0.5) is 5.69 Å². The van der Waals surface area contributed by atoms with E-state index in [2.05, 4.69) is 13.8 Å². The number of piperidine rings is 1. The number of likely N-dealkylation sites (tertiary alicyclic amines) is 1. The number of amides is 1.